The van der Waals surface area contributed by atoms with Crippen LogP contribution in [0.1, 0.15) is 29.2 Å². The number of nitrogens with zero attached hydrogens (tertiary/aromatic N) is 1. The third-order valence-electron chi connectivity index (χ3n) is 6.31. The standard InChI is InChI=1S/C27H36NO2P/c1-17-13-22(14-18(2)26(17)29-8)31(23-15-19(3)27(30-9)20(4)16-23)25-12-10-11-24(25)21(5)28(6)7/h10-16,21,25H,1-9H3/t21-,25?/m0/s1. The van der Waals surface area contributed by atoms with Gasteiger partial charge in [0.2, 0.25) is 0 Å². The van der Waals surface area contributed by atoms with Gasteiger partial charge in [0.1, 0.15) is 11.5 Å². The average Bonchev–Trinajstić information content (AvgIpc) is 3.16. The second-order valence-corrected chi connectivity index (χ2v) is 11.1. The van der Waals surface area contributed by atoms with Crippen molar-refractivity contribution in [1.29, 1.82) is 0 Å². The Hall–Kier alpha value is -2.09. The number of aryl methyl sites for hydroxylation is 4. The van der Waals surface area contributed by atoms with E-state index in [1.165, 1.54) is 38.4 Å². The minimum Gasteiger partial charge on any atom is -0.496 e. The summed E-state index contributed by atoms with van der Waals surface area (Å²) in [4.78, 5) is 2.30. The zero-order valence-corrected chi connectivity index (χ0v) is 21.3. The van der Waals surface area contributed by atoms with E-state index in [0.29, 0.717) is 11.7 Å². The monoisotopic (exact) mass is 437 g/mol. The van der Waals surface area contributed by atoms with Crippen molar-refractivity contribution < 1.29 is 9.47 Å². The number of likely N-dealkylation sites (N-methyl/N-ethyl adjacent to an activating group) is 1. The highest BCUT2D eigenvalue weighted by Crippen LogP contribution is 2.48. The summed E-state index contributed by atoms with van der Waals surface area (Å²) in [5.74, 6) is 1.97. The maximum atomic E-state index is 5.66. The predicted molar refractivity (Wildman–Crippen MR) is 135 cm³/mol. The molecule has 0 aromatic heterocycles. The van der Waals surface area contributed by atoms with Crippen molar-refractivity contribution in [2.75, 3.05) is 28.3 Å². The van der Waals surface area contributed by atoms with Gasteiger partial charge in [-0.05, 0) is 119 Å². The molecule has 3 nitrogen and oxygen atoms in total. The molecular formula is C27H36NO2P. The van der Waals surface area contributed by atoms with E-state index in [-0.39, 0.29) is 0 Å². The van der Waals surface area contributed by atoms with Crippen LogP contribution in [0.3, 0.4) is 0 Å². The van der Waals surface area contributed by atoms with Crippen molar-refractivity contribution in [2.24, 2.45) is 0 Å². The van der Waals surface area contributed by atoms with Crippen molar-refractivity contribution in [2.45, 2.75) is 46.3 Å². The first-order chi connectivity index (χ1) is 14.7. The van der Waals surface area contributed by atoms with Gasteiger partial charge in [0.15, 0.2) is 0 Å². The summed E-state index contributed by atoms with van der Waals surface area (Å²) >= 11 is 0. The number of ether oxygens (including phenoxy) is 2. The molecular weight excluding hydrogens is 401 g/mol. The van der Waals surface area contributed by atoms with Crippen molar-refractivity contribution >= 4 is 18.5 Å². The number of hydrogen-bond donors (Lipinski definition) is 0. The highest BCUT2D eigenvalue weighted by Gasteiger charge is 2.32. The molecule has 3 rings (SSSR count). The molecule has 0 bridgehead atoms. The highest BCUT2D eigenvalue weighted by molar-refractivity contribution is 7.74. The lowest BCUT2D eigenvalue weighted by Gasteiger charge is -2.33. The Kier molecular flexibility index (Phi) is 7.29. The third-order valence-corrected chi connectivity index (χ3v) is 8.97. The van der Waals surface area contributed by atoms with E-state index in [2.05, 4.69) is 96.1 Å². The number of hydrogen-bond acceptors (Lipinski definition) is 3. The quantitative estimate of drug-likeness (QED) is 0.557. The Morgan fingerprint density at radius 2 is 1.23 bits per heavy atom. The maximum absolute atomic E-state index is 5.66. The molecule has 0 heterocycles. The summed E-state index contributed by atoms with van der Waals surface area (Å²) in [5, 5.41) is 2.78. The van der Waals surface area contributed by atoms with Crippen LogP contribution in [0.2, 0.25) is 0 Å². The Balaban J connectivity index is 2.21. The van der Waals surface area contributed by atoms with Crippen LogP contribution >= 0.6 is 7.92 Å². The van der Waals surface area contributed by atoms with Crippen molar-refractivity contribution in [3.05, 3.63) is 70.3 Å². The van der Waals surface area contributed by atoms with E-state index in [1.807, 2.05) is 0 Å². The lowest BCUT2D eigenvalue weighted by molar-refractivity contribution is 0.349. The summed E-state index contributed by atoms with van der Waals surface area (Å²) in [6.45, 7) is 10.9. The van der Waals surface area contributed by atoms with E-state index in [9.17, 15) is 0 Å². The molecule has 2 aromatic rings. The molecule has 1 unspecified atom stereocenters. The van der Waals surface area contributed by atoms with E-state index in [0.717, 1.165) is 11.5 Å². The predicted octanol–water partition coefficient (Wildman–Crippen LogP) is 5.19. The first-order valence-corrected chi connectivity index (χ1v) is 12.2. The fourth-order valence-electron chi connectivity index (χ4n) is 4.65. The first-order valence-electron chi connectivity index (χ1n) is 10.8. The molecule has 31 heavy (non-hydrogen) atoms. The molecule has 2 aromatic carbocycles. The van der Waals surface area contributed by atoms with Crippen LogP contribution < -0.4 is 20.1 Å². The highest BCUT2D eigenvalue weighted by atomic mass is 31.1. The number of benzene rings is 2. The van der Waals surface area contributed by atoms with Gasteiger partial charge in [0.05, 0.1) is 14.2 Å². The molecule has 0 fully saturated rings. The van der Waals surface area contributed by atoms with Crippen molar-refractivity contribution in [1.82, 2.24) is 4.90 Å². The molecule has 0 N–H and O–H groups in total. The maximum Gasteiger partial charge on any atom is 0.124 e. The molecule has 1 aliphatic rings. The van der Waals surface area contributed by atoms with E-state index >= 15 is 0 Å². The van der Waals surface area contributed by atoms with Crippen LogP contribution in [-0.2, 0) is 0 Å². The number of rotatable bonds is 7. The van der Waals surface area contributed by atoms with Gasteiger partial charge in [-0.2, -0.15) is 0 Å². The second-order valence-electron chi connectivity index (χ2n) is 8.73. The van der Waals surface area contributed by atoms with E-state index < -0.39 is 7.92 Å². The summed E-state index contributed by atoms with van der Waals surface area (Å²) in [7, 11) is 7.19. The fourth-order valence-corrected chi connectivity index (χ4v) is 7.79. The van der Waals surface area contributed by atoms with Crippen LogP contribution in [0.4, 0.5) is 0 Å². The molecule has 0 aliphatic heterocycles. The Bertz CT molecular complexity index is 916. The smallest absolute Gasteiger partial charge is 0.124 e. The molecule has 166 valence electrons. The number of methoxy groups -OCH3 is 2. The largest absolute Gasteiger partial charge is 0.496 e. The summed E-state index contributed by atoms with van der Waals surface area (Å²) in [6.07, 6.45) is 6.95. The van der Waals surface area contributed by atoms with Crippen molar-refractivity contribution in [3.63, 3.8) is 0 Å². The Morgan fingerprint density at radius 3 is 1.58 bits per heavy atom. The van der Waals surface area contributed by atoms with Gasteiger partial charge in [-0.15, -0.1) is 0 Å². The van der Waals surface area contributed by atoms with Crippen LogP contribution in [0.25, 0.3) is 0 Å². The second kappa shape index (κ2) is 9.59. The van der Waals surface area contributed by atoms with Crippen LogP contribution in [0.5, 0.6) is 11.5 Å². The lowest BCUT2D eigenvalue weighted by atomic mass is 10.1. The molecule has 0 saturated carbocycles. The summed E-state index contributed by atoms with van der Waals surface area (Å²) < 4.78 is 11.3. The van der Waals surface area contributed by atoms with Gasteiger partial charge in [0.25, 0.3) is 0 Å². The van der Waals surface area contributed by atoms with Gasteiger partial charge in [-0.25, -0.2) is 0 Å². The topological polar surface area (TPSA) is 21.7 Å². The molecule has 0 saturated heterocycles. The zero-order chi connectivity index (χ0) is 22.9. The van der Waals surface area contributed by atoms with E-state index in [1.54, 1.807) is 14.2 Å². The molecule has 4 heteroatoms. The lowest BCUT2D eigenvalue weighted by Crippen LogP contribution is -2.32. The third kappa shape index (κ3) is 4.59. The first kappa shape index (κ1) is 23.6. The van der Waals surface area contributed by atoms with Gasteiger partial charge < -0.3 is 14.4 Å². The molecule has 0 radical (unpaired) electrons. The van der Waals surface area contributed by atoms with Crippen LogP contribution in [0.15, 0.2) is 48.1 Å². The normalized spacial score (nSPS) is 16.7. The fraction of sp³-hybridized carbons (Fsp3) is 0.407. The Morgan fingerprint density at radius 1 is 0.806 bits per heavy atom. The van der Waals surface area contributed by atoms with E-state index in [4.69, 9.17) is 9.47 Å². The summed E-state index contributed by atoms with van der Waals surface area (Å²) in [6, 6.07) is 9.70. The molecule has 0 amide bonds. The molecule has 1 aliphatic carbocycles. The van der Waals surface area contributed by atoms with Gasteiger partial charge in [-0.1, -0.05) is 18.2 Å². The molecule has 0 spiro atoms. The number of allylic oxidation sites excluding steroid dienone is 3. The minimum atomic E-state index is -0.641. The SMILES string of the molecule is COc1c(C)cc(P(c2cc(C)c(OC)c(C)c2)C2C=CC=C2[C@H](C)N(C)C)cc1C. The minimum absolute atomic E-state index is 0.367. The van der Waals surface area contributed by atoms with Gasteiger partial charge >= 0.3 is 0 Å². The zero-order valence-electron chi connectivity index (χ0n) is 20.4. The van der Waals surface area contributed by atoms with Gasteiger partial charge in [0, 0.05) is 11.7 Å². The summed E-state index contributed by atoms with van der Waals surface area (Å²) in [5.41, 5.74) is 6.63. The van der Waals surface area contributed by atoms with Gasteiger partial charge in [-0.3, -0.25) is 0 Å². The average molecular weight is 438 g/mol. The van der Waals surface area contributed by atoms with Crippen LogP contribution in [-0.4, -0.2) is 44.9 Å². The van der Waals surface area contributed by atoms with Crippen LogP contribution in [0, 0.1) is 27.7 Å². The Labute approximate surface area is 189 Å². The van der Waals surface area contributed by atoms with Crippen molar-refractivity contribution in [3.8, 4) is 11.5 Å². The molecule has 2 atom stereocenters.